The first kappa shape index (κ1) is 21.0. The van der Waals surface area contributed by atoms with Gasteiger partial charge < -0.3 is 15.2 Å². The lowest BCUT2D eigenvalue weighted by molar-refractivity contribution is -0.137. The van der Waals surface area contributed by atoms with Crippen LogP contribution in [-0.2, 0) is 17.8 Å². The lowest BCUT2D eigenvalue weighted by Crippen LogP contribution is -2.35. The molecule has 10 heteroatoms. The van der Waals surface area contributed by atoms with Crippen molar-refractivity contribution < 1.29 is 14.6 Å². The Morgan fingerprint density at radius 3 is 3.03 bits per heavy atom. The summed E-state index contributed by atoms with van der Waals surface area (Å²) in [5, 5.41) is 36.2. The topological polar surface area (TPSA) is 126 Å². The maximum Gasteiger partial charge on any atom is 0.303 e. The Labute approximate surface area is 183 Å². The maximum atomic E-state index is 10.8. The van der Waals surface area contributed by atoms with Crippen LogP contribution in [0.25, 0.3) is 15.7 Å². The van der Waals surface area contributed by atoms with Gasteiger partial charge in [0.15, 0.2) is 0 Å². The summed E-state index contributed by atoms with van der Waals surface area (Å²) in [6.07, 6.45) is 3.38. The second kappa shape index (κ2) is 8.83. The van der Waals surface area contributed by atoms with E-state index in [2.05, 4.69) is 26.7 Å². The number of hydrogen-bond acceptors (Lipinski definition) is 8. The highest BCUT2D eigenvalue weighted by atomic mass is 32.1. The molecule has 1 aliphatic heterocycles. The Kier molecular flexibility index (Phi) is 5.97. The number of hydrogen-bond donors (Lipinski definition) is 2. The lowest BCUT2D eigenvalue weighted by atomic mass is 9.98. The predicted molar refractivity (Wildman–Crippen MR) is 114 cm³/mol. The SMILES string of the molecule is CC(C)Oc1ccc(-c2nnc(-n3cc4c(n3)CNC(CCC(=O)O)C4)s2)cc1C#N. The smallest absolute Gasteiger partial charge is 0.303 e. The minimum Gasteiger partial charge on any atom is -0.490 e. The van der Waals surface area contributed by atoms with Gasteiger partial charge in [-0.25, -0.2) is 4.68 Å². The average Bonchev–Trinajstić information content (AvgIpc) is 3.38. The number of carboxylic acids is 1. The van der Waals surface area contributed by atoms with Gasteiger partial charge in [-0.15, -0.1) is 10.2 Å². The zero-order valence-electron chi connectivity index (χ0n) is 17.2. The molecule has 0 aliphatic carbocycles. The van der Waals surface area contributed by atoms with Crippen LogP contribution in [0.5, 0.6) is 5.75 Å². The molecule has 0 saturated carbocycles. The van der Waals surface area contributed by atoms with Crippen molar-refractivity contribution in [1.82, 2.24) is 25.3 Å². The highest BCUT2D eigenvalue weighted by molar-refractivity contribution is 7.17. The molecule has 31 heavy (non-hydrogen) atoms. The Balaban J connectivity index is 1.53. The molecule has 0 radical (unpaired) electrons. The second-order valence-electron chi connectivity index (χ2n) is 7.64. The Morgan fingerprint density at radius 2 is 2.29 bits per heavy atom. The standard InChI is InChI=1S/C21H22N6O3S/c1-12(2)30-18-5-3-13(7-14(18)9-22)20-24-25-21(31-20)27-11-15-8-16(4-6-19(28)29)23-10-17(15)26-27/h3,5,7,11-12,16,23H,4,6,8,10H2,1-2H3,(H,28,29). The predicted octanol–water partition coefficient (Wildman–Crippen LogP) is 2.93. The van der Waals surface area contributed by atoms with Crippen molar-refractivity contribution in [2.24, 2.45) is 0 Å². The van der Waals surface area contributed by atoms with Crippen LogP contribution in [0.2, 0.25) is 0 Å². The number of benzene rings is 1. The first-order valence-corrected chi connectivity index (χ1v) is 10.8. The summed E-state index contributed by atoms with van der Waals surface area (Å²) < 4.78 is 7.40. The fourth-order valence-corrected chi connectivity index (χ4v) is 4.24. The first-order chi connectivity index (χ1) is 14.9. The molecule has 0 spiro atoms. The van der Waals surface area contributed by atoms with Crippen LogP contribution in [0.4, 0.5) is 0 Å². The number of fused-ring (bicyclic) bond motifs is 1. The maximum absolute atomic E-state index is 10.8. The molecule has 1 atom stereocenters. The van der Waals surface area contributed by atoms with Crippen molar-refractivity contribution >= 4 is 17.3 Å². The summed E-state index contributed by atoms with van der Waals surface area (Å²) >= 11 is 1.39. The van der Waals surface area contributed by atoms with E-state index in [1.54, 1.807) is 16.8 Å². The third-order valence-corrected chi connectivity index (χ3v) is 5.89. The molecule has 0 amide bonds. The second-order valence-corrected chi connectivity index (χ2v) is 8.60. The summed E-state index contributed by atoms with van der Waals surface area (Å²) in [6.45, 7) is 4.43. The molecule has 1 unspecified atom stereocenters. The van der Waals surface area contributed by atoms with Gasteiger partial charge in [0.25, 0.3) is 0 Å². The zero-order chi connectivity index (χ0) is 22.0. The average molecular weight is 439 g/mol. The largest absolute Gasteiger partial charge is 0.490 e. The first-order valence-electron chi connectivity index (χ1n) is 10.0. The van der Waals surface area contributed by atoms with E-state index >= 15 is 0 Å². The van der Waals surface area contributed by atoms with E-state index in [-0.39, 0.29) is 18.6 Å². The number of aromatic nitrogens is 4. The van der Waals surface area contributed by atoms with Gasteiger partial charge in [0.2, 0.25) is 5.13 Å². The van der Waals surface area contributed by atoms with Gasteiger partial charge in [0, 0.05) is 30.8 Å². The Hall–Kier alpha value is -3.29. The van der Waals surface area contributed by atoms with Crippen LogP contribution in [0.15, 0.2) is 24.4 Å². The summed E-state index contributed by atoms with van der Waals surface area (Å²) in [5.41, 5.74) is 3.28. The monoisotopic (exact) mass is 438 g/mol. The van der Waals surface area contributed by atoms with Crippen LogP contribution in [0.3, 0.4) is 0 Å². The lowest BCUT2D eigenvalue weighted by Gasteiger charge is -2.22. The van der Waals surface area contributed by atoms with Crippen molar-refractivity contribution in [1.29, 1.82) is 5.26 Å². The number of nitriles is 1. The van der Waals surface area contributed by atoms with Crippen LogP contribution in [0, 0.1) is 11.3 Å². The number of carbonyl (C=O) groups is 1. The highest BCUT2D eigenvalue weighted by Gasteiger charge is 2.23. The molecule has 2 aromatic heterocycles. The quantitative estimate of drug-likeness (QED) is 0.577. The normalized spacial score (nSPS) is 15.5. The molecule has 3 aromatic rings. The van der Waals surface area contributed by atoms with Crippen molar-refractivity contribution in [3.05, 3.63) is 41.2 Å². The molecule has 0 fully saturated rings. The summed E-state index contributed by atoms with van der Waals surface area (Å²) in [7, 11) is 0. The van der Waals surface area contributed by atoms with Crippen molar-refractivity contribution in [3.63, 3.8) is 0 Å². The Bertz CT molecular complexity index is 1150. The van der Waals surface area contributed by atoms with Crippen LogP contribution < -0.4 is 10.1 Å². The van der Waals surface area contributed by atoms with Gasteiger partial charge in [0.1, 0.15) is 16.8 Å². The number of rotatable bonds is 7. The van der Waals surface area contributed by atoms with Crippen LogP contribution in [0.1, 0.15) is 43.5 Å². The van der Waals surface area contributed by atoms with E-state index in [1.807, 2.05) is 26.1 Å². The summed E-state index contributed by atoms with van der Waals surface area (Å²) in [6, 6.07) is 7.71. The van der Waals surface area contributed by atoms with Crippen molar-refractivity contribution in [2.45, 2.75) is 51.8 Å². The molecule has 0 saturated heterocycles. The van der Waals surface area contributed by atoms with E-state index in [0.29, 0.717) is 34.4 Å². The van der Waals surface area contributed by atoms with Gasteiger partial charge in [0.05, 0.1) is 17.4 Å². The summed E-state index contributed by atoms with van der Waals surface area (Å²) in [4.78, 5) is 10.8. The number of nitrogens with zero attached hydrogens (tertiary/aromatic N) is 5. The summed E-state index contributed by atoms with van der Waals surface area (Å²) in [5.74, 6) is -0.233. The van der Waals surface area contributed by atoms with E-state index < -0.39 is 5.97 Å². The minimum atomic E-state index is -0.784. The minimum absolute atomic E-state index is 0.0184. The van der Waals surface area contributed by atoms with Crippen molar-refractivity contribution in [2.75, 3.05) is 0 Å². The van der Waals surface area contributed by atoms with Gasteiger partial charge in [-0.05, 0) is 50.5 Å². The zero-order valence-corrected chi connectivity index (χ0v) is 18.0. The molecule has 160 valence electrons. The third-order valence-electron chi connectivity index (χ3n) is 4.93. The fourth-order valence-electron chi connectivity index (χ4n) is 3.47. The number of ether oxygens (including phenoxy) is 1. The molecule has 3 heterocycles. The number of nitrogens with one attached hydrogen (secondary N) is 1. The van der Waals surface area contributed by atoms with Gasteiger partial charge in [-0.1, -0.05) is 11.3 Å². The van der Waals surface area contributed by atoms with Gasteiger partial charge >= 0.3 is 5.97 Å². The van der Waals surface area contributed by atoms with E-state index in [9.17, 15) is 10.1 Å². The molecular weight excluding hydrogens is 416 g/mol. The number of aliphatic carboxylic acids is 1. The highest BCUT2D eigenvalue weighted by Crippen LogP contribution is 2.30. The van der Waals surface area contributed by atoms with E-state index in [1.165, 1.54) is 11.3 Å². The van der Waals surface area contributed by atoms with Crippen LogP contribution in [-0.4, -0.2) is 43.2 Å². The van der Waals surface area contributed by atoms with Gasteiger partial charge in [-0.2, -0.15) is 10.4 Å². The molecular formula is C21H22N6O3S. The molecule has 0 bridgehead atoms. The molecule has 9 nitrogen and oxygen atoms in total. The van der Waals surface area contributed by atoms with Gasteiger partial charge in [-0.3, -0.25) is 4.79 Å². The van der Waals surface area contributed by atoms with E-state index in [0.717, 1.165) is 23.2 Å². The Morgan fingerprint density at radius 1 is 1.45 bits per heavy atom. The molecule has 1 aromatic carbocycles. The van der Waals surface area contributed by atoms with Crippen LogP contribution >= 0.6 is 11.3 Å². The fraction of sp³-hybridized carbons (Fsp3) is 0.381. The van der Waals surface area contributed by atoms with E-state index in [4.69, 9.17) is 9.84 Å². The molecule has 4 rings (SSSR count). The third kappa shape index (κ3) is 4.73. The van der Waals surface area contributed by atoms with Crippen molar-refractivity contribution in [3.8, 4) is 27.5 Å². The molecule has 2 N–H and O–H groups in total. The number of carboxylic acid groups (broad SMARTS) is 1. The molecule has 1 aliphatic rings.